The molecule has 1 rings (SSSR count). The van der Waals surface area contributed by atoms with E-state index in [1.807, 2.05) is 0 Å². The van der Waals surface area contributed by atoms with Gasteiger partial charge >= 0.3 is 5.97 Å². The molecule has 6 nitrogen and oxygen atoms in total. The highest BCUT2D eigenvalue weighted by atomic mass is 16.4. The third kappa shape index (κ3) is 4.14. The Kier molecular flexibility index (Phi) is 5.09. The summed E-state index contributed by atoms with van der Waals surface area (Å²) < 4.78 is 0. The molecule has 1 atom stereocenters. The van der Waals surface area contributed by atoms with Gasteiger partial charge in [0, 0.05) is 13.5 Å². The highest BCUT2D eigenvalue weighted by molar-refractivity contribution is 6.05. The zero-order valence-electron chi connectivity index (χ0n) is 9.94. The van der Waals surface area contributed by atoms with Crippen LogP contribution < -0.4 is 5.32 Å². The summed E-state index contributed by atoms with van der Waals surface area (Å²) in [6.45, 7) is 0.636. The number of carboxylic acids is 1. The SMILES string of the molecule is CN1C(=O)CC(NCCCCCC(=O)O)C1=O. The molecule has 2 amide bonds. The minimum Gasteiger partial charge on any atom is -0.481 e. The van der Waals surface area contributed by atoms with E-state index < -0.39 is 12.0 Å². The summed E-state index contributed by atoms with van der Waals surface area (Å²) in [5.41, 5.74) is 0. The minimum absolute atomic E-state index is 0.154. The van der Waals surface area contributed by atoms with Crippen molar-refractivity contribution < 1.29 is 19.5 Å². The molecular formula is C11H18N2O4. The summed E-state index contributed by atoms with van der Waals surface area (Å²) in [7, 11) is 1.49. The zero-order valence-corrected chi connectivity index (χ0v) is 9.94. The van der Waals surface area contributed by atoms with Crippen molar-refractivity contribution >= 4 is 17.8 Å². The number of hydrogen-bond donors (Lipinski definition) is 2. The van der Waals surface area contributed by atoms with Gasteiger partial charge in [-0.15, -0.1) is 0 Å². The van der Waals surface area contributed by atoms with Gasteiger partial charge in [0.1, 0.15) is 0 Å². The van der Waals surface area contributed by atoms with E-state index >= 15 is 0 Å². The van der Waals surface area contributed by atoms with Gasteiger partial charge in [-0.25, -0.2) is 0 Å². The van der Waals surface area contributed by atoms with Gasteiger partial charge in [0.2, 0.25) is 11.8 Å². The monoisotopic (exact) mass is 242 g/mol. The summed E-state index contributed by atoms with van der Waals surface area (Å²) >= 11 is 0. The zero-order chi connectivity index (χ0) is 12.8. The van der Waals surface area contributed by atoms with Gasteiger partial charge in [0.05, 0.1) is 12.5 Å². The summed E-state index contributed by atoms with van der Waals surface area (Å²) in [5, 5.41) is 11.5. The lowest BCUT2D eigenvalue weighted by Crippen LogP contribution is -2.37. The van der Waals surface area contributed by atoms with Crippen LogP contribution in [0.3, 0.4) is 0 Å². The van der Waals surface area contributed by atoms with Crippen molar-refractivity contribution in [3.8, 4) is 0 Å². The van der Waals surface area contributed by atoms with Crippen molar-refractivity contribution in [3.63, 3.8) is 0 Å². The Morgan fingerprint density at radius 2 is 2.12 bits per heavy atom. The van der Waals surface area contributed by atoms with Crippen LogP contribution in [-0.4, -0.2) is 47.4 Å². The van der Waals surface area contributed by atoms with E-state index in [2.05, 4.69) is 5.32 Å². The molecule has 6 heteroatoms. The van der Waals surface area contributed by atoms with Gasteiger partial charge in [-0.2, -0.15) is 0 Å². The summed E-state index contributed by atoms with van der Waals surface area (Å²) in [6, 6.07) is -0.396. The van der Waals surface area contributed by atoms with Crippen LogP contribution in [0, 0.1) is 0 Å². The number of hydrogen-bond acceptors (Lipinski definition) is 4. The molecule has 1 aliphatic rings. The van der Waals surface area contributed by atoms with E-state index in [0.717, 1.165) is 17.7 Å². The van der Waals surface area contributed by atoms with Crippen molar-refractivity contribution in [2.24, 2.45) is 0 Å². The normalized spacial score (nSPS) is 20.1. The van der Waals surface area contributed by atoms with E-state index in [9.17, 15) is 14.4 Å². The maximum absolute atomic E-state index is 11.5. The van der Waals surface area contributed by atoms with Gasteiger partial charge < -0.3 is 10.4 Å². The predicted octanol–water partition coefficient (Wildman–Crippen LogP) is -0.0217. The molecule has 0 bridgehead atoms. The molecule has 0 saturated carbocycles. The predicted molar refractivity (Wildman–Crippen MR) is 60.3 cm³/mol. The Labute approximate surface area is 100.0 Å². The lowest BCUT2D eigenvalue weighted by Gasteiger charge is -2.10. The fraction of sp³-hybridized carbons (Fsp3) is 0.727. The summed E-state index contributed by atoms with van der Waals surface area (Å²) in [5.74, 6) is -1.12. The lowest BCUT2D eigenvalue weighted by atomic mass is 10.2. The van der Waals surface area contributed by atoms with Crippen LogP contribution in [0.15, 0.2) is 0 Å². The third-order valence-corrected chi connectivity index (χ3v) is 2.84. The Balaban J connectivity index is 2.09. The van der Waals surface area contributed by atoms with Crippen LogP contribution in [0.5, 0.6) is 0 Å². The first kappa shape index (κ1) is 13.6. The molecular weight excluding hydrogens is 224 g/mol. The number of carboxylic acid groups (broad SMARTS) is 1. The van der Waals surface area contributed by atoms with Crippen LogP contribution in [0.1, 0.15) is 32.1 Å². The standard InChI is InChI=1S/C11H18N2O4/c1-13-9(14)7-8(11(13)17)12-6-4-2-3-5-10(15)16/h8,12H,2-7H2,1H3,(H,15,16). The highest BCUT2D eigenvalue weighted by Crippen LogP contribution is 2.10. The fourth-order valence-electron chi connectivity index (χ4n) is 1.77. The number of rotatable bonds is 7. The second kappa shape index (κ2) is 6.34. The van der Waals surface area contributed by atoms with Gasteiger partial charge in [-0.3, -0.25) is 19.3 Å². The topological polar surface area (TPSA) is 86.7 Å². The van der Waals surface area contributed by atoms with Crippen molar-refractivity contribution in [2.45, 2.75) is 38.1 Å². The van der Waals surface area contributed by atoms with E-state index in [4.69, 9.17) is 5.11 Å². The number of aliphatic carboxylic acids is 1. The molecule has 0 aromatic carbocycles. The number of amides is 2. The van der Waals surface area contributed by atoms with Gasteiger partial charge in [-0.1, -0.05) is 6.42 Å². The average molecular weight is 242 g/mol. The number of likely N-dealkylation sites (N-methyl/N-ethyl adjacent to an activating group) is 1. The Morgan fingerprint density at radius 1 is 1.41 bits per heavy atom. The van der Waals surface area contributed by atoms with Crippen LogP contribution in [0.2, 0.25) is 0 Å². The molecule has 0 spiro atoms. The van der Waals surface area contributed by atoms with Gasteiger partial charge in [-0.05, 0) is 19.4 Å². The third-order valence-electron chi connectivity index (χ3n) is 2.84. The molecule has 17 heavy (non-hydrogen) atoms. The van der Waals surface area contributed by atoms with Gasteiger partial charge in [0.15, 0.2) is 0 Å². The fourth-order valence-corrected chi connectivity index (χ4v) is 1.77. The number of carbonyl (C=O) groups is 3. The molecule has 1 aliphatic heterocycles. The summed E-state index contributed by atoms with van der Waals surface area (Å²) in [6.07, 6.45) is 2.68. The molecule has 1 fully saturated rings. The Bertz CT molecular complexity index is 317. The maximum atomic E-state index is 11.5. The number of nitrogens with one attached hydrogen (secondary N) is 1. The molecule has 0 aliphatic carbocycles. The van der Waals surface area contributed by atoms with Crippen LogP contribution in [-0.2, 0) is 14.4 Å². The van der Waals surface area contributed by atoms with Crippen molar-refractivity contribution in [2.75, 3.05) is 13.6 Å². The smallest absolute Gasteiger partial charge is 0.303 e. The second-order valence-electron chi connectivity index (χ2n) is 4.21. The van der Waals surface area contributed by atoms with Crippen molar-refractivity contribution in [1.82, 2.24) is 10.2 Å². The Morgan fingerprint density at radius 3 is 2.65 bits per heavy atom. The second-order valence-corrected chi connectivity index (χ2v) is 4.21. The van der Waals surface area contributed by atoms with E-state index in [0.29, 0.717) is 13.0 Å². The van der Waals surface area contributed by atoms with E-state index in [1.165, 1.54) is 7.05 Å². The molecule has 0 aromatic rings. The number of imide groups is 1. The molecule has 2 N–H and O–H groups in total. The van der Waals surface area contributed by atoms with E-state index in [-0.39, 0.29) is 24.7 Å². The number of unbranched alkanes of at least 4 members (excludes halogenated alkanes) is 2. The van der Waals surface area contributed by atoms with Crippen molar-refractivity contribution in [1.29, 1.82) is 0 Å². The Hall–Kier alpha value is -1.43. The first-order valence-corrected chi connectivity index (χ1v) is 5.78. The number of nitrogens with zero attached hydrogens (tertiary/aromatic N) is 1. The van der Waals surface area contributed by atoms with Crippen LogP contribution in [0.4, 0.5) is 0 Å². The molecule has 0 radical (unpaired) electrons. The quantitative estimate of drug-likeness (QED) is 0.484. The highest BCUT2D eigenvalue weighted by Gasteiger charge is 2.35. The molecule has 1 unspecified atom stereocenters. The molecule has 1 saturated heterocycles. The van der Waals surface area contributed by atoms with Crippen LogP contribution in [0.25, 0.3) is 0 Å². The lowest BCUT2D eigenvalue weighted by molar-refractivity contribution is -0.138. The molecule has 96 valence electrons. The average Bonchev–Trinajstić information content (AvgIpc) is 2.51. The largest absolute Gasteiger partial charge is 0.481 e. The molecule has 0 aromatic heterocycles. The summed E-state index contributed by atoms with van der Waals surface area (Å²) in [4.78, 5) is 34.1. The van der Waals surface area contributed by atoms with Crippen LogP contribution >= 0.6 is 0 Å². The first-order chi connectivity index (χ1) is 8.02. The maximum Gasteiger partial charge on any atom is 0.303 e. The van der Waals surface area contributed by atoms with E-state index in [1.54, 1.807) is 0 Å². The molecule has 1 heterocycles. The number of likely N-dealkylation sites (tertiary alicyclic amines) is 1. The van der Waals surface area contributed by atoms with Crippen molar-refractivity contribution in [3.05, 3.63) is 0 Å². The minimum atomic E-state index is -0.781. The first-order valence-electron chi connectivity index (χ1n) is 5.78. The van der Waals surface area contributed by atoms with Gasteiger partial charge in [0.25, 0.3) is 0 Å². The number of carbonyl (C=O) groups excluding carboxylic acids is 2.